The van der Waals surface area contributed by atoms with Gasteiger partial charge in [0.25, 0.3) is 0 Å². The monoisotopic (exact) mass is 294 g/mol. The Labute approximate surface area is 123 Å². The van der Waals surface area contributed by atoms with Crippen LogP contribution in [0.15, 0.2) is 38.0 Å². The van der Waals surface area contributed by atoms with E-state index in [2.05, 4.69) is 19.7 Å². The smallest absolute Gasteiger partial charge is 0.311 e. The fraction of sp³-hybridized carbons (Fsp3) is 0.400. The number of hydrogen-bond acceptors (Lipinski definition) is 6. The molecule has 0 radical (unpaired) electrons. The van der Waals surface area contributed by atoms with Gasteiger partial charge in [0.1, 0.15) is 19.8 Å². The molecule has 1 aliphatic carbocycles. The van der Waals surface area contributed by atoms with Crippen molar-refractivity contribution in [1.82, 2.24) is 0 Å². The maximum Gasteiger partial charge on any atom is 0.311 e. The van der Waals surface area contributed by atoms with Gasteiger partial charge in [-0.1, -0.05) is 38.0 Å². The Morgan fingerprint density at radius 1 is 0.667 bits per heavy atom. The molecule has 0 bridgehead atoms. The summed E-state index contributed by atoms with van der Waals surface area (Å²) in [5, 5.41) is 0. The molecule has 114 valence electrons. The van der Waals surface area contributed by atoms with Gasteiger partial charge in [-0.05, 0) is 0 Å². The molecule has 6 heteroatoms. The third kappa shape index (κ3) is 4.30. The zero-order valence-electron chi connectivity index (χ0n) is 11.7. The standard InChI is InChI=1S/C15H18O6/c1-4-7-19-13(16)10-11(14(17)20-8-5-2)12(10)15(18)21-9-6-3/h4-6,10-12H,1-3,7-9H2. The minimum atomic E-state index is -0.875. The molecule has 0 N–H and O–H groups in total. The molecule has 1 rings (SSSR count). The molecule has 0 atom stereocenters. The molecular formula is C15H18O6. The van der Waals surface area contributed by atoms with E-state index in [-0.39, 0.29) is 19.8 Å². The molecule has 0 aliphatic heterocycles. The number of carbonyl (C=O) groups excluding carboxylic acids is 3. The van der Waals surface area contributed by atoms with E-state index in [4.69, 9.17) is 14.2 Å². The summed E-state index contributed by atoms with van der Waals surface area (Å²) in [5.74, 6) is -4.55. The van der Waals surface area contributed by atoms with Crippen LogP contribution in [-0.4, -0.2) is 37.7 Å². The van der Waals surface area contributed by atoms with Crippen molar-refractivity contribution in [2.45, 2.75) is 0 Å². The molecule has 1 aliphatic rings. The molecule has 0 saturated heterocycles. The molecule has 0 unspecified atom stereocenters. The van der Waals surface area contributed by atoms with E-state index in [1.165, 1.54) is 18.2 Å². The van der Waals surface area contributed by atoms with Crippen LogP contribution in [0.4, 0.5) is 0 Å². The van der Waals surface area contributed by atoms with Crippen LogP contribution in [0.3, 0.4) is 0 Å². The average molecular weight is 294 g/mol. The number of esters is 3. The number of rotatable bonds is 9. The van der Waals surface area contributed by atoms with Gasteiger partial charge in [-0.3, -0.25) is 14.4 Å². The molecule has 0 amide bonds. The van der Waals surface area contributed by atoms with Crippen molar-refractivity contribution in [2.75, 3.05) is 19.8 Å². The molecule has 0 aromatic rings. The van der Waals surface area contributed by atoms with Crippen LogP contribution >= 0.6 is 0 Å². The normalized spacial score (nSPS) is 22.6. The number of ether oxygens (including phenoxy) is 3. The van der Waals surface area contributed by atoms with Crippen molar-refractivity contribution in [3.63, 3.8) is 0 Å². The Bertz CT molecular complexity index is 381. The average Bonchev–Trinajstić information content (AvgIpc) is 3.23. The minimum Gasteiger partial charge on any atom is -0.461 e. The maximum atomic E-state index is 11.8. The molecule has 0 spiro atoms. The van der Waals surface area contributed by atoms with Crippen LogP contribution in [0.25, 0.3) is 0 Å². The van der Waals surface area contributed by atoms with Gasteiger partial charge in [0.2, 0.25) is 0 Å². The van der Waals surface area contributed by atoms with Crippen molar-refractivity contribution in [1.29, 1.82) is 0 Å². The van der Waals surface area contributed by atoms with E-state index in [1.54, 1.807) is 0 Å². The fourth-order valence-electron chi connectivity index (χ4n) is 1.90. The van der Waals surface area contributed by atoms with Crippen molar-refractivity contribution in [3.8, 4) is 0 Å². The minimum absolute atomic E-state index is 0.0121. The van der Waals surface area contributed by atoms with Gasteiger partial charge in [0.15, 0.2) is 0 Å². The molecule has 0 aromatic heterocycles. The summed E-state index contributed by atoms with van der Waals surface area (Å²) in [6, 6.07) is 0. The van der Waals surface area contributed by atoms with E-state index in [1.807, 2.05) is 0 Å². The van der Waals surface area contributed by atoms with Crippen molar-refractivity contribution in [2.24, 2.45) is 17.8 Å². The van der Waals surface area contributed by atoms with Crippen LogP contribution in [-0.2, 0) is 28.6 Å². The Hall–Kier alpha value is -2.37. The van der Waals surface area contributed by atoms with Crippen molar-refractivity contribution in [3.05, 3.63) is 38.0 Å². The summed E-state index contributed by atoms with van der Waals surface area (Å²) in [6.07, 6.45) is 4.20. The molecule has 0 aromatic carbocycles. The summed E-state index contributed by atoms with van der Waals surface area (Å²) in [5.41, 5.74) is 0. The van der Waals surface area contributed by atoms with Gasteiger partial charge in [-0.2, -0.15) is 0 Å². The lowest BCUT2D eigenvalue weighted by atomic mass is 10.3. The highest BCUT2D eigenvalue weighted by Gasteiger charge is 2.65. The van der Waals surface area contributed by atoms with Gasteiger partial charge >= 0.3 is 17.9 Å². The molecule has 21 heavy (non-hydrogen) atoms. The molecular weight excluding hydrogens is 276 g/mol. The van der Waals surface area contributed by atoms with Gasteiger partial charge in [-0.15, -0.1) is 0 Å². The van der Waals surface area contributed by atoms with Gasteiger partial charge in [-0.25, -0.2) is 0 Å². The summed E-state index contributed by atoms with van der Waals surface area (Å²) < 4.78 is 14.6. The zero-order chi connectivity index (χ0) is 15.8. The van der Waals surface area contributed by atoms with E-state index in [0.29, 0.717) is 0 Å². The molecule has 6 nitrogen and oxygen atoms in total. The zero-order valence-corrected chi connectivity index (χ0v) is 11.7. The van der Waals surface area contributed by atoms with Gasteiger partial charge in [0.05, 0.1) is 17.8 Å². The number of carbonyl (C=O) groups is 3. The predicted octanol–water partition coefficient (Wildman–Crippen LogP) is 1.04. The topological polar surface area (TPSA) is 78.9 Å². The first kappa shape index (κ1) is 16.7. The summed E-state index contributed by atoms with van der Waals surface area (Å²) in [6.45, 7) is 10.3. The largest absolute Gasteiger partial charge is 0.461 e. The van der Waals surface area contributed by atoms with Crippen LogP contribution in [0, 0.1) is 17.8 Å². The predicted molar refractivity (Wildman–Crippen MR) is 73.9 cm³/mol. The summed E-state index contributed by atoms with van der Waals surface area (Å²) >= 11 is 0. The number of hydrogen-bond donors (Lipinski definition) is 0. The first-order valence-electron chi connectivity index (χ1n) is 6.41. The third-order valence-electron chi connectivity index (χ3n) is 2.87. The quantitative estimate of drug-likeness (QED) is 0.359. The summed E-state index contributed by atoms with van der Waals surface area (Å²) in [7, 11) is 0. The van der Waals surface area contributed by atoms with Crippen LogP contribution < -0.4 is 0 Å². The first-order chi connectivity index (χ1) is 10.1. The Balaban J connectivity index is 2.71. The SMILES string of the molecule is C=CCOC(=O)C1C(C(=O)OCC=C)C1C(=O)OCC=C. The van der Waals surface area contributed by atoms with Crippen molar-refractivity contribution < 1.29 is 28.6 Å². The highest BCUT2D eigenvalue weighted by Crippen LogP contribution is 2.48. The lowest BCUT2D eigenvalue weighted by Gasteiger charge is -2.01. The van der Waals surface area contributed by atoms with E-state index < -0.39 is 35.7 Å². The Kier molecular flexibility index (Phi) is 6.39. The van der Waals surface area contributed by atoms with Crippen molar-refractivity contribution >= 4 is 17.9 Å². The van der Waals surface area contributed by atoms with Crippen LogP contribution in [0.1, 0.15) is 0 Å². The van der Waals surface area contributed by atoms with Crippen LogP contribution in [0.5, 0.6) is 0 Å². The summed E-state index contributed by atoms with van der Waals surface area (Å²) in [4.78, 5) is 35.4. The third-order valence-corrected chi connectivity index (χ3v) is 2.87. The van der Waals surface area contributed by atoms with E-state index in [0.717, 1.165) is 0 Å². The molecule has 1 saturated carbocycles. The molecule has 1 fully saturated rings. The highest BCUT2D eigenvalue weighted by atomic mass is 16.6. The lowest BCUT2D eigenvalue weighted by Crippen LogP contribution is -2.14. The highest BCUT2D eigenvalue weighted by molar-refractivity contribution is 5.97. The Morgan fingerprint density at radius 3 is 1.10 bits per heavy atom. The lowest BCUT2D eigenvalue weighted by molar-refractivity contribution is -0.150. The fourth-order valence-corrected chi connectivity index (χ4v) is 1.90. The van der Waals surface area contributed by atoms with Gasteiger partial charge in [0, 0.05) is 0 Å². The van der Waals surface area contributed by atoms with E-state index >= 15 is 0 Å². The molecule has 0 heterocycles. The maximum absolute atomic E-state index is 11.8. The van der Waals surface area contributed by atoms with Crippen LogP contribution in [0.2, 0.25) is 0 Å². The Morgan fingerprint density at radius 2 is 0.905 bits per heavy atom. The second-order valence-corrected chi connectivity index (χ2v) is 4.33. The van der Waals surface area contributed by atoms with E-state index in [9.17, 15) is 14.4 Å². The second-order valence-electron chi connectivity index (χ2n) is 4.33. The first-order valence-corrected chi connectivity index (χ1v) is 6.41. The second kappa shape index (κ2) is 8.04. The van der Waals surface area contributed by atoms with Gasteiger partial charge < -0.3 is 14.2 Å².